The van der Waals surface area contributed by atoms with E-state index in [0.29, 0.717) is 28.6 Å². The third-order valence-electron chi connectivity index (χ3n) is 4.15. The summed E-state index contributed by atoms with van der Waals surface area (Å²) in [5, 5.41) is 3.48. The molecule has 0 aliphatic carbocycles. The molecule has 0 aliphatic heterocycles. The van der Waals surface area contributed by atoms with Gasteiger partial charge in [0, 0.05) is 11.6 Å². The van der Waals surface area contributed by atoms with Crippen LogP contribution in [0.5, 0.6) is 11.5 Å². The quantitative estimate of drug-likeness (QED) is 0.334. The van der Waals surface area contributed by atoms with Gasteiger partial charge in [-0.3, -0.25) is 4.79 Å². The Morgan fingerprint density at radius 1 is 1.24 bits per heavy atom. The predicted molar refractivity (Wildman–Crippen MR) is 113 cm³/mol. The minimum absolute atomic E-state index is 0.0609. The van der Waals surface area contributed by atoms with Crippen LogP contribution >= 0.6 is 11.6 Å². The topological polar surface area (TPSA) is 82.8 Å². The number of nitrogens with two attached hydrogens (primary N) is 1. The van der Waals surface area contributed by atoms with Gasteiger partial charge in [0.25, 0.3) is 5.91 Å². The standard InChI is InChI=1S/C22H25ClN2O4/c1-3-13-28-19-11-6-16(14-20(19)27-2)5-4-12-25-22(26)21(29-15-24)17-7-9-18(23)10-8-17/h1,6-11,14,21H,4-5,12-13,15,24H2,2H3,(H,25,26). The summed E-state index contributed by atoms with van der Waals surface area (Å²) in [5.41, 5.74) is 7.24. The maximum atomic E-state index is 12.5. The van der Waals surface area contributed by atoms with Gasteiger partial charge in [-0.05, 0) is 48.2 Å². The van der Waals surface area contributed by atoms with Gasteiger partial charge in [0.05, 0.1) is 13.8 Å². The number of methoxy groups -OCH3 is 1. The molecule has 1 amide bonds. The van der Waals surface area contributed by atoms with Crippen molar-refractivity contribution in [3.05, 3.63) is 58.6 Å². The molecular weight excluding hydrogens is 392 g/mol. The number of benzene rings is 2. The van der Waals surface area contributed by atoms with Crippen molar-refractivity contribution in [1.82, 2.24) is 5.32 Å². The molecule has 0 saturated heterocycles. The molecule has 0 saturated carbocycles. The van der Waals surface area contributed by atoms with Crippen LogP contribution < -0.4 is 20.5 Å². The molecular formula is C22H25ClN2O4. The molecule has 0 aliphatic rings. The van der Waals surface area contributed by atoms with E-state index in [1.807, 2.05) is 18.2 Å². The highest BCUT2D eigenvalue weighted by Crippen LogP contribution is 2.28. The Bertz CT molecular complexity index is 834. The van der Waals surface area contributed by atoms with Crippen molar-refractivity contribution >= 4 is 17.5 Å². The fraction of sp³-hybridized carbons (Fsp3) is 0.318. The van der Waals surface area contributed by atoms with E-state index in [2.05, 4.69) is 11.2 Å². The third kappa shape index (κ3) is 6.99. The molecule has 6 nitrogen and oxygen atoms in total. The fourth-order valence-corrected chi connectivity index (χ4v) is 2.89. The molecule has 0 radical (unpaired) electrons. The molecule has 7 heteroatoms. The maximum absolute atomic E-state index is 12.5. The van der Waals surface area contributed by atoms with Gasteiger partial charge in [-0.1, -0.05) is 35.7 Å². The van der Waals surface area contributed by atoms with Crippen LogP contribution in [0.1, 0.15) is 23.7 Å². The predicted octanol–water partition coefficient (Wildman–Crippen LogP) is 3.08. The van der Waals surface area contributed by atoms with E-state index in [1.54, 1.807) is 31.4 Å². The zero-order chi connectivity index (χ0) is 21.1. The molecule has 3 N–H and O–H groups in total. The first kappa shape index (κ1) is 22.6. The van der Waals surface area contributed by atoms with Crippen molar-refractivity contribution in [3.63, 3.8) is 0 Å². The summed E-state index contributed by atoms with van der Waals surface area (Å²) in [5.74, 6) is 3.41. The third-order valence-corrected chi connectivity index (χ3v) is 4.41. The number of halogens is 1. The lowest BCUT2D eigenvalue weighted by molar-refractivity contribution is -0.133. The van der Waals surface area contributed by atoms with E-state index in [0.717, 1.165) is 18.4 Å². The number of hydrogen-bond donors (Lipinski definition) is 2. The molecule has 2 aromatic carbocycles. The van der Waals surface area contributed by atoms with Crippen LogP contribution in [0.15, 0.2) is 42.5 Å². The number of terminal acetylenes is 1. The van der Waals surface area contributed by atoms with E-state index >= 15 is 0 Å². The van der Waals surface area contributed by atoms with Crippen molar-refractivity contribution in [3.8, 4) is 23.8 Å². The van der Waals surface area contributed by atoms with Crippen LogP contribution in [0.2, 0.25) is 5.02 Å². The highest BCUT2D eigenvalue weighted by Gasteiger charge is 2.20. The summed E-state index contributed by atoms with van der Waals surface area (Å²) in [6, 6.07) is 12.6. The second-order valence-electron chi connectivity index (χ2n) is 6.14. The Morgan fingerprint density at radius 2 is 2.00 bits per heavy atom. The molecule has 0 aromatic heterocycles. The summed E-state index contributed by atoms with van der Waals surface area (Å²) in [6.07, 6.45) is 5.95. The first-order valence-corrected chi connectivity index (χ1v) is 9.54. The number of aryl methyl sites for hydroxylation is 1. The van der Waals surface area contributed by atoms with Gasteiger partial charge in [-0.2, -0.15) is 0 Å². The van der Waals surface area contributed by atoms with Crippen LogP contribution in [0.3, 0.4) is 0 Å². The normalized spacial score (nSPS) is 11.4. The van der Waals surface area contributed by atoms with Crippen molar-refractivity contribution in [1.29, 1.82) is 0 Å². The van der Waals surface area contributed by atoms with E-state index in [4.69, 9.17) is 38.0 Å². The highest BCUT2D eigenvalue weighted by molar-refractivity contribution is 6.30. The van der Waals surface area contributed by atoms with Crippen LogP contribution in [0.4, 0.5) is 0 Å². The minimum atomic E-state index is -0.773. The van der Waals surface area contributed by atoms with Crippen molar-refractivity contribution < 1.29 is 19.0 Å². The van der Waals surface area contributed by atoms with E-state index in [1.165, 1.54) is 0 Å². The van der Waals surface area contributed by atoms with Gasteiger partial charge in [0.1, 0.15) is 6.61 Å². The number of rotatable bonds is 11. The van der Waals surface area contributed by atoms with Gasteiger partial charge in [-0.15, -0.1) is 6.42 Å². The highest BCUT2D eigenvalue weighted by atomic mass is 35.5. The number of amides is 1. The number of hydrogen-bond acceptors (Lipinski definition) is 5. The molecule has 1 atom stereocenters. The zero-order valence-electron chi connectivity index (χ0n) is 16.3. The van der Waals surface area contributed by atoms with E-state index in [-0.39, 0.29) is 19.2 Å². The van der Waals surface area contributed by atoms with Crippen molar-refractivity contribution in [2.24, 2.45) is 5.73 Å². The molecule has 154 valence electrons. The average molecular weight is 417 g/mol. The van der Waals surface area contributed by atoms with Crippen LogP contribution in [0, 0.1) is 12.3 Å². The van der Waals surface area contributed by atoms with Crippen LogP contribution in [-0.2, 0) is 16.0 Å². The lowest BCUT2D eigenvalue weighted by atomic mass is 10.1. The van der Waals surface area contributed by atoms with E-state index < -0.39 is 6.10 Å². The first-order chi connectivity index (χ1) is 14.1. The Labute approximate surface area is 176 Å². The first-order valence-electron chi connectivity index (χ1n) is 9.17. The minimum Gasteiger partial charge on any atom is -0.493 e. The fourth-order valence-electron chi connectivity index (χ4n) is 2.76. The lowest BCUT2D eigenvalue weighted by Gasteiger charge is -2.17. The summed E-state index contributed by atoms with van der Waals surface area (Å²) in [4.78, 5) is 12.5. The second-order valence-corrected chi connectivity index (χ2v) is 6.57. The molecule has 0 spiro atoms. The Hall–Kier alpha value is -2.72. The number of carbonyl (C=O) groups excluding carboxylic acids is 1. The summed E-state index contributed by atoms with van der Waals surface area (Å²) in [6.45, 7) is 0.616. The molecule has 0 heterocycles. The molecule has 1 unspecified atom stereocenters. The average Bonchev–Trinajstić information content (AvgIpc) is 2.74. The maximum Gasteiger partial charge on any atom is 0.253 e. The number of ether oxygens (including phenoxy) is 3. The Balaban J connectivity index is 1.87. The van der Waals surface area contributed by atoms with Gasteiger partial charge in [0.2, 0.25) is 0 Å². The van der Waals surface area contributed by atoms with Crippen LogP contribution in [-0.4, -0.2) is 32.9 Å². The van der Waals surface area contributed by atoms with Gasteiger partial charge in [0.15, 0.2) is 17.6 Å². The Kier molecular flexibility index (Phi) is 9.32. The van der Waals surface area contributed by atoms with Crippen LogP contribution in [0.25, 0.3) is 0 Å². The van der Waals surface area contributed by atoms with Crippen molar-refractivity contribution in [2.45, 2.75) is 18.9 Å². The summed E-state index contributed by atoms with van der Waals surface area (Å²) >= 11 is 5.90. The smallest absolute Gasteiger partial charge is 0.253 e. The molecule has 2 rings (SSSR count). The molecule has 2 aromatic rings. The Morgan fingerprint density at radius 3 is 2.66 bits per heavy atom. The second kappa shape index (κ2) is 12.0. The molecule has 0 fully saturated rings. The van der Waals surface area contributed by atoms with E-state index in [9.17, 15) is 4.79 Å². The zero-order valence-corrected chi connectivity index (χ0v) is 17.1. The number of nitrogens with one attached hydrogen (secondary N) is 1. The molecule has 29 heavy (non-hydrogen) atoms. The summed E-state index contributed by atoms with van der Waals surface area (Å²) < 4.78 is 16.2. The van der Waals surface area contributed by atoms with Gasteiger partial charge >= 0.3 is 0 Å². The largest absolute Gasteiger partial charge is 0.493 e. The van der Waals surface area contributed by atoms with Crippen molar-refractivity contribution in [2.75, 3.05) is 27.0 Å². The lowest BCUT2D eigenvalue weighted by Crippen LogP contribution is -2.32. The number of carbonyl (C=O) groups is 1. The molecule has 0 bridgehead atoms. The monoisotopic (exact) mass is 416 g/mol. The van der Waals surface area contributed by atoms with Gasteiger partial charge < -0.3 is 25.3 Å². The van der Waals surface area contributed by atoms with Gasteiger partial charge in [-0.25, -0.2) is 0 Å². The SMILES string of the molecule is C#CCOc1ccc(CCCNC(=O)C(OCN)c2ccc(Cl)cc2)cc1OC. The summed E-state index contributed by atoms with van der Waals surface area (Å²) in [7, 11) is 1.58.